The highest BCUT2D eigenvalue weighted by molar-refractivity contribution is 5.73. The minimum Gasteiger partial charge on any atom is -0.480 e. The zero-order valence-electron chi connectivity index (χ0n) is 8.92. The van der Waals surface area contributed by atoms with Gasteiger partial charge in [0.15, 0.2) is 0 Å². The van der Waals surface area contributed by atoms with Crippen molar-refractivity contribution in [1.82, 2.24) is 14.9 Å². The van der Waals surface area contributed by atoms with Crippen LogP contribution in [0.5, 0.6) is 0 Å². The van der Waals surface area contributed by atoms with Crippen LogP contribution in [-0.4, -0.2) is 39.0 Å². The van der Waals surface area contributed by atoms with Crippen LogP contribution in [0.4, 0.5) is 0 Å². The summed E-state index contributed by atoms with van der Waals surface area (Å²) in [7, 11) is 1.78. The van der Waals surface area contributed by atoms with Crippen molar-refractivity contribution in [3.8, 4) is 0 Å². The summed E-state index contributed by atoms with van der Waals surface area (Å²) in [6.45, 7) is 2.38. The Kier molecular flexibility index (Phi) is 4.17. The van der Waals surface area contributed by atoms with Crippen molar-refractivity contribution in [3.63, 3.8) is 0 Å². The van der Waals surface area contributed by atoms with E-state index in [0.29, 0.717) is 13.0 Å². The Balaban J connectivity index is 2.62. The maximum atomic E-state index is 10.9. The van der Waals surface area contributed by atoms with Crippen LogP contribution >= 0.6 is 0 Å². The fourth-order valence-electron chi connectivity index (χ4n) is 1.45. The predicted molar refractivity (Wildman–Crippen MR) is 55.2 cm³/mol. The number of aromatic nitrogens is 2. The van der Waals surface area contributed by atoms with E-state index in [1.807, 2.05) is 6.92 Å². The third-order valence-electron chi connectivity index (χ3n) is 2.26. The van der Waals surface area contributed by atoms with Gasteiger partial charge in [0.2, 0.25) is 0 Å². The monoisotopic (exact) mass is 209 g/mol. The van der Waals surface area contributed by atoms with Gasteiger partial charge in [0.25, 0.3) is 0 Å². The van der Waals surface area contributed by atoms with Gasteiger partial charge in [-0.25, -0.2) is 9.97 Å². The number of hydrogen-bond donors (Lipinski definition) is 1. The molecule has 0 bridgehead atoms. The highest BCUT2D eigenvalue weighted by Gasteiger charge is 2.20. The number of carboxylic acids is 1. The Morgan fingerprint density at radius 1 is 1.67 bits per heavy atom. The first-order chi connectivity index (χ1) is 7.15. The predicted octanol–water partition coefficient (Wildman–Crippen LogP) is 0.772. The van der Waals surface area contributed by atoms with Crippen LogP contribution in [-0.2, 0) is 11.3 Å². The van der Waals surface area contributed by atoms with Crippen molar-refractivity contribution in [3.05, 3.63) is 24.3 Å². The molecule has 0 spiro atoms. The Hall–Kier alpha value is -1.49. The van der Waals surface area contributed by atoms with Gasteiger partial charge < -0.3 is 5.11 Å². The molecule has 0 aliphatic heterocycles. The lowest BCUT2D eigenvalue weighted by Crippen LogP contribution is -2.37. The van der Waals surface area contributed by atoms with Crippen molar-refractivity contribution in [2.45, 2.75) is 25.9 Å². The number of likely N-dealkylation sites (N-methyl/N-ethyl adjacent to an activating group) is 1. The molecule has 0 fully saturated rings. The molecule has 0 aromatic carbocycles. The molecule has 82 valence electrons. The molecule has 0 aliphatic carbocycles. The fraction of sp³-hybridized carbons (Fsp3) is 0.500. The number of carbonyl (C=O) groups is 1. The van der Waals surface area contributed by atoms with Crippen LogP contribution in [0.3, 0.4) is 0 Å². The Morgan fingerprint density at radius 2 is 2.40 bits per heavy atom. The molecule has 15 heavy (non-hydrogen) atoms. The first kappa shape index (κ1) is 11.6. The summed E-state index contributed by atoms with van der Waals surface area (Å²) in [5.41, 5.74) is 0.826. The van der Waals surface area contributed by atoms with Gasteiger partial charge in [0, 0.05) is 12.7 Å². The van der Waals surface area contributed by atoms with Crippen molar-refractivity contribution >= 4 is 5.97 Å². The lowest BCUT2D eigenvalue weighted by Gasteiger charge is -2.22. The number of rotatable bonds is 5. The number of carboxylic acid groups (broad SMARTS) is 1. The minimum atomic E-state index is -0.797. The van der Waals surface area contributed by atoms with Crippen LogP contribution in [0, 0.1) is 0 Å². The summed E-state index contributed by atoms with van der Waals surface area (Å²) in [6, 6.07) is 1.32. The largest absolute Gasteiger partial charge is 0.480 e. The Bertz CT molecular complexity index is 316. The Labute approximate surface area is 88.8 Å². The van der Waals surface area contributed by atoms with E-state index in [9.17, 15) is 4.79 Å². The molecule has 1 aromatic heterocycles. The van der Waals surface area contributed by atoms with E-state index in [-0.39, 0.29) is 0 Å². The summed E-state index contributed by atoms with van der Waals surface area (Å²) < 4.78 is 0. The van der Waals surface area contributed by atoms with E-state index in [2.05, 4.69) is 9.97 Å². The Morgan fingerprint density at radius 3 is 2.87 bits per heavy atom. The zero-order valence-corrected chi connectivity index (χ0v) is 8.92. The van der Waals surface area contributed by atoms with Gasteiger partial charge in [0.1, 0.15) is 12.4 Å². The van der Waals surface area contributed by atoms with Crippen molar-refractivity contribution in [1.29, 1.82) is 0 Å². The topological polar surface area (TPSA) is 66.3 Å². The van der Waals surface area contributed by atoms with Crippen LogP contribution in [0.2, 0.25) is 0 Å². The van der Waals surface area contributed by atoms with Gasteiger partial charge in [-0.3, -0.25) is 9.69 Å². The highest BCUT2D eigenvalue weighted by atomic mass is 16.4. The van der Waals surface area contributed by atoms with Gasteiger partial charge >= 0.3 is 5.97 Å². The van der Waals surface area contributed by atoms with Crippen LogP contribution in [0.25, 0.3) is 0 Å². The van der Waals surface area contributed by atoms with Crippen LogP contribution < -0.4 is 0 Å². The first-order valence-corrected chi connectivity index (χ1v) is 4.83. The molecule has 1 aromatic rings. The molecule has 0 saturated carbocycles. The molecule has 0 aliphatic rings. The molecule has 1 rings (SSSR count). The second-order valence-corrected chi connectivity index (χ2v) is 3.38. The quantitative estimate of drug-likeness (QED) is 0.776. The summed E-state index contributed by atoms with van der Waals surface area (Å²) in [4.78, 5) is 20.5. The maximum absolute atomic E-state index is 10.9. The van der Waals surface area contributed by atoms with Crippen molar-refractivity contribution < 1.29 is 9.90 Å². The van der Waals surface area contributed by atoms with Crippen molar-refractivity contribution in [2.24, 2.45) is 0 Å². The third kappa shape index (κ3) is 3.28. The SMILES string of the molecule is CCC(C(=O)O)N(C)Cc1ccncn1. The molecular weight excluding hydrogens is 194 g/mol. The molecule has 1 N–H and O–H groups in total. The zero-order chi connectivity index (χ0) is 11.3. The third-order valence-corrected chi connectivity index (χ3v) is 2.26. The van der Waals surface area contributed by atoms with Crippen LogP contribution in [0.1, 0.15) is 19.0 Å². The molecule has 5 nitrogen and oxygen atoms in total. The minimum absolute atomic E-state index is 0.458. The summed E-state index contributed by atoms with van der Waals surface area (Å²) >= 11 is 0. The molecular formula is C10H15N3O2. The fourth-order valence-corrected chi connectivity index (χ4v) is 1.45. The normalized spacial score (nSPS) is 12.7. The molecule has 0 amide bonds. The molecule has 1 atom stereocenters. The van der Waals surface area contributed by atoms with Gasteiger partial charge in [-0.05, 0) is 19.5 Å². The molecule has 5 heteroatoms. The summed E-state index contributed by atoms with van der Waals surface area (Å²) in [5.74, 6) is -0.797. The molecule has 1 heterocycles. The average Bonchev–Trinajstić information content (AvgIpc) is 2.19. The maximum Gasteiger partial charge on any atom is 0.320 e. The summed E-state index contributed by atoms with van der Waals surface area (Å²) in [6.07, 6.45) is 3.69. The lowest BCUT2D eigenvalue weighted by atomic mass is 10.2. The highest BCUT2D eigenvalue weighted by Crippen LogP contribution is 2.06. The van der Waals surface area contributed by atoms with E-state index in [0.717, 1.165) is 5.69 Å². The van der Waals surface area contributed by atoms with Gasteiger partial charge in [-0.15, -0.1) is 0 Å². The van der Waals surface area contributed by atoms with Gasteiger partial charge in [-0.1, -0.05) is 6.92 Å². The first-order valence-electron chi connectivity index (χ1n) is 4.83. The number of hydrogen-bond acceptors (Lipinski definition) is 4. The second-order valence-electron chi connectivity index (χ2n) is 3.38. The molecule has 0 saturated heterocycles. The van der Waals surface area contributed by atoms with Crippen LogP contribution in [0.15, 0.2) is 18.6 Å². The van der Waals surface area contributed by atoms with E-state index in [1.165, 1.54) is 6.33 Å². The number of nitrogens with zero attached hydrogens (tertiary/aromatic N) is 3. The van der Waals surface area contributed by atoms with E-state index >= 15 is 0 Å². The summed E-state index contributed by atoms with van der Waals surface area (Å²) in [5, 5.41) is 8.95. The number of aliphatic carboxylic acids is 1. The second kappa shape index (κ2) is 5.41. The average molecular weight is 209 g/mol. The smallest absolute Gasteiger partial charge is 0.320 e. The van der Waals surface area contributed by atoms with Gasteiger partial charge in [0.05, 0.1) is 5.69 Å². The van der Waals surface area contributed by atoms with E-state index < -0.39 is 12.0 Å². The van der Waals surface area contributed by atoms with E-state index in [4.69, 9.17) is 5.11 Å². The van der Waals surface area contributed by atoms with E-state index in [1.54, 1.807) is 24.2 Å². The molecule has 1 unspecified atom stereocenters. The van der Waals surface area contributed by atoms with Crippen molar-refractivity contribution in [2.75, 3.05) is 7.05 Å². The molecule has 0 radical (unpaired) electrons. The standard InChI is InChI=1S/C10H15N3O2/c1-3-9(10(14)15)13(2)6-8-4-5-11-7-12-8/h4-5,7,9H,3,6H2,1-2H3,(H,14,15). The lowest BCUT2D eigenvalue weighted by molar-refractivity contribution is -0.143. The van der Waals surface area contributed by atoms with Gasteiger partial charge in [-0.2, -0.15) is 0 Å².